The summed E-state index contributed by atoms with van der Waals surface area (Å²) in [5, 5.41) is 0. The van der Waals surface area contributed by atoms with Gasteiger partial charge in [0.05, 0.1) is 0 Å². The van der Waals surface area contributed by atoms with Gasteiger partial charge in [0.25, 0.3) is 0 Å². The third kappa shape index (κ3) is 4.13. The second kappa shape index (κ2) is 8.18. The number of nitrogens with zero attached hydrogens (tertiary/aromatic N) is 1. The monoisotopic (exact) mass is 369 g/mol. The van der Waals surface area contributed by atoms with Gasteiger partial charge in [-0.05, 0) is 49.8 Å². The van der Waals surface area contributed by atoms with Gasteiger partial charge in [-0.25, -0.2) is 0 Å². The molecule has 1 aromatic carbocycles. The zero-order valence-electron chi connectivity index (χ0n) is 17.4. The highest BCUT2D eigenvalue weighted by Gasteiger charge is 2.44. The van der Waals surface area contributed by atoms with Crippen LogP contribution in [0.5, 0.6) is 0 Å². The van der Waals surface area contributed by atoms with Crippen molar-refractivity contribution >= 4 is 5.97 Å². The standard InChI is InChI=1S/C24H35NO2/c1-6-18-14-15-25(5)22(18)23(26)27-21-16-17(2)12-13-20(21)24(3,4)19-10-8-7-9-11-19/h6-11,17-18,20-22H,1,12-16H2,2-5H3/t17-,18-,20-,21-,22+/m0/s1. The minimum atomic E-state index is -0.180. The molecular weight excluding hydrogens is 334 g/mol. The van der Waals surface area contributed by atoms with Crippen molar-refractivity contribution in [3.8, 4) is 0 Å². The van der Waals surface area contributed by atoms with Crippen LogP contribution >= 0.6 is 0 Å². The Bertz CT molecular complexity index is 654. The van der Waals surface area contributed by atoms with Gasteiger partial charge in [-0.3, -0.25) is 9.69 Å². The van der Waals surface area contributed by atoms with Crippen LogP contribution in [0.1, 0.15) is 52.0 Å². The molecular formula is C24H35NO2. The average Bonchev–Trinajstić information content (AvgIpc) is 3.03. The number of likely N-dealkylation sites (tertiary alicyclic amines) is 1. The van der Waals surface area contributed by atoms with Crippen molar-refractivity contribution in [2.45, 2.75) is 64.0 Å². The molecule has 27 heavy (non-hydrogen) atoms. The number of carbonyl (C=O) groups is 1. The van der Waals surface area contributed by atoms with Crippen LogP contribution in [0.2, 0.25) is 0 Å². The van der Waals surface area contributed by atoms with E-state index < -0.39 is 0 Å². The summed E-state index contributed by atoms with van der Waals surface area (Å²) in [4.78, 5) is 15.2. The van der Waals surface area contributed by atoms with Gasteiger partial charge in [-0.2, -0.15) is 0 Å². The Morgan fingerprint density at radius 3 is 2.59 bits per heavy atom. The molecule has 1 saturated heterocycles. The zero-order chi connectivity index (χ0) is 19.6. The smallest absolute Gasteiger partial charge is 0.324 e. The molecule has 0 N–H and O–H groups in total. The molecule has 3 nitrogen and oxygen atoms in total. The predicted octanol–water partition coefficient (Wildman–Crippen LogP) is 4.82. The molecule has 1 aliphatic carbocycles. The van der Waals surface area contributed by atoms with Crippen molar-refractivity contribution in [3.63, 3.8) is 0 Å². The molecule has 3 rings (SSSR count). The Hall–Kier alpha value is -1.61. The van der Waals surface area contributed by atoms with Crippen molar-refractivity contribution in [2.75, 3.05) is 13.6 Å². The summed E-state index contributed by atoms with van der Waals surface area (Å²) in [5.41, 5.74) is 1.30. The van der Waals surface area contributed by atoms with Gasteiger partial charge >= 0.3 is 5.97 Å². The summed E-state index contributed by atoms with van der Waals surface area (Å²) in [6, 6.07) is 10.5. The van der Waals surface area contributed by atoms with Crippen LogP contribution in [0.15, 0.2) is 43.0 Å². The number of ether oxygens (including phenoxy) is 1. The van der Waals surface area contributed by atoms with E-state index in [-0.39, 0.29) is 29.4 Å². The fourth-order valence-corrected chi connectivity index (χ4v) is 5.16. The van der Waals surface area contributed by atoms with E-state index in [1.807, 2.05) is 13.1 Å². The summed E-state index contributed by atoms with van der Waals surface area (Å²) in [6.45, 7) is 11.7. The van der Waals surface area contributed by atoms with E-state index in [1.54, 1.807) is 0 Å². The summed E-state index contributed by atoms with van der Waals surface area (Å²) in [5.74, 6) is 1.08. The molecule has 1 aliphatic heterocycles. The fourth-order valence-electron chi connectivity index (χ4n) is 5.16. The second-order valence-electron chi connectivity index (χ2n) is 9.20. The lowest BCUT2D eigenvalue weighted by molar-refractivity contribution is -0.162. The fraction of sp³-hybridized carbons (Fsp3) is 0.625. The van der Waals surface area contributed by atoms with Crippen molar-refractivity contribution in [3.05, 3.63) is 48.6 Å². The van der Waals surface area contributed by atoms with Crippen LogP contribution in [0, 0.1) is 17.8 Å². The first-order valence-corrected chi connectivity index (χ1v) is 10.4. The van der Waals surface area contributed by atoms with Crippen LogP contribution in [0.25, 0.3) is 0 Å². The number of esters is 1. The Morgan fingerprint density at radius 1 is 1.22 bits per heavy atom. The molecule has 0 amide bonds. The summed E-state index contributed by atoms with van der Waals surface area (Å²) in [7, 11) is 2.02. The van der Waals surface area contributed by atoms with Gasteiger partial charge in [-0.15, -0.1) is 6.58 Å². The van der Waals surface area contributed by atoms with Crippen LogP contribution in [0.3, 0.4) is 0 Å². The van der Waals surface area contributed by atoms with Crippen molar-refractivity contribution in [1.82, 2.24) is 4.90 Å². The van der Waals surface area contributed by atoms with E-state index in [1.165, 1.54) is 12.0 Å². The second-order valence-corrected chi connectivity index (χ2v) is 9.20. The highest BCUT2D eigenvalue weighted by molar-refractivity contribution is 5.77. The molecule has 3 heteroatoms. The van der Waals surface area contributed by atoms with Gasteiger partial charge in [0, 0.05) is 11.8 Å². The maximum absolute atomic E-state index is 13.1. The van der Waals surface area contributed by atoms with Gasteiger partial charge in [0.1, 0.15) is 12.1 Å². The molecule has 0 spiro atoms. The lowest BCUT2D eigenvalue weighted by Crippen LogP contribution is -2.47. The summed E-state index contributed by atoms with van der Waals surface area (Å²) in [6.07, 6.45) is 6.15. The molecule has 1 saturated carbocycles. The van der Waals surface area contributed by atoms with Crippen LogP contribution in [-0.2, 0) is 14.9 Å². The topological polar surface area (TPSA) is 29.5 Å². The van der Waals surface area contributed by atoms with E-state index in [0.29, 0.717) is 11.8 Å². The number of benzene rings is 1. The minimum absolute atomic E-state index is 0.0177. The maximum Gasteiger partial charge on any atom is 0.324 e. The third-order valence-electron chi connectivity index (χ3n) is 7.01. The van der Waals surface area contributed by atoms with E-state index in [9.17, 15) is 4.79 Å². The lowest BCUT2D eigenvalue weighted by atomic mass is 9.64. The van der Waals surface area contributed by atoms with Gasteiger partial charge in [-0.1, -0.05) is 63.6 Å². The van der Waals surface area contributed by atoms with E-state index in [4.69, 9.17) is 4.74 Å². The third-order valence-corrected chi connectivity index (χ3v) is 7.01. The zero-order valence-corrected chi connectivity index (χ0v) is 17.4. The molecule has 1 heterocycles. The SMILES string of the molecule is C=C[C@H]1CCN(C)[C@H]1C(=O)O[C@H]1C[C@@H](C)CC[C@@H]1C(C)(C)c1ccccc1. The number of carbonyl (C=O) groups excluding carboxylic acids is 1. The summed E-state index contributed by atoms with van der Waals surface area (Å²) < 4.78 is 6.24. The normalized spacial score (nSPS) is 32.2. The van der Waals surface area contributed by atoms with Gasteiger partial charge in [0.15, 0.2) is 0 Å². The van der Waals surface area contributed by atoms with Crippen molar-refractivity contribution < 1.29 is 9.53 Å². The quantitative estimate of drug-likeness (QED) is 0.550. The first kappa shape index (κ1) is 20.1. The van der Waals surface area contributed by atoms with Crippen LogP contribution in [-0.4, -0.2) is 36.6 Å². The minimum Gasteiger partial charge on any atom is -0.461 e. The van der Waals surface area contributed by atoms with E-state index in [2.05, 4.69) is 62.6 Å². The Labute approximate surface area is 164 Å². The van der Waals surface area contributed by atoms with Crippen molar-refractivity contribution in [1.29, 1.82) is 0 Å². The largest absolute Gasteiger partial charge is 0.461 e. The van der Waals surface area contributed by atoms with E-state index in [0.717, 1.165) is 25.8 Å². The Morgan fingerprint density at radius 2 is 1.93 bits per heavy atom. The first-order chi connectivity index (χ1) is 12.8. The molecule has 2 fully saturated rings. The molecule has 0 bridgehead atoms. The lowest BCUT2D eigenvalue weighted by Gasteiger charge is -2.44. The molecule has 0 unspecified atom stereocenters. The Balaban J connectivity index is 1.80. The Kier molecular flexibility index (Phi) is 6.10. The molecule has 2 aliphatic rings. The van der Waals surface area contributed by atoms with Gasteiger partial charge in [0.2, 0.25) is 0 Å². The highest BCUT2D eigenvalue weighted by Crippen LogP contribution is 2.44. The number of rotatable bonds is 5. The highest BCUT2D eigenvalue weighted by atomic mass is 16.5. The van der Waals surface area contributed by atoms with E-state index >= 15 is 0 Å². The number of likely N-dealkylation sites (N-methyl/N-ethyl adjacent to an activating group) is 1. The molecule has 148 valence electrons. The predicted molar refractivity (Wildman–Crippen MR) is 111 cm³/mol. The molecule has 0 aromatic heterocycles. The average molecular weight is 370 g/mol. The molecule has 0 radical (unpaired) electrons. The maximum atomic E-state index is 13.1. The van der Waals surface area contributed by atoms with Crippen LogP contribution < -0.4 is 0 Å². The first-order valence-electron chi connectivity index (χ1n) is 10.4. The van der Waals surface area contributed by atoms with Crippen molar-refractivity contribution in [2.24, 2.45) is 17.8 Å². The molecule has 5 atom stereocenters. The molecule has 1 aromatic rings. The van der Waals surface area contributed by atoms with Gasteiger partial charge < -0.3 is 4.74 Å². The number of hydrogen-bond acceptors (Lipinski definition) is 3. The van der Waals surface area contributed by atoms with Crippen LogP contribution in [0.4, 0.5) is 0 Å². The summed E-state index contributed by atoms with van der Waals surface area (Å²) >= 11 is 0. The number of hydrogen-bond donors (Lipinski definition) is 0.